The van der Waals surface area contributed by atoms with Crippen molar-refractivity contribution in [1.29, 1.82) is 0 Å². The van der Waals surface area contributed by atoms with E-state index in [0.717, 1.165) is 5.82 Å². The van der Waals surface area contributed by atoms with Gasteiger partial charge in [-0.25, -0.2) is 4.98 Å². The van der Waals surface area contributed by atoms with Gasteiger partial charge in [0, 0.05) is 23.9 Å². The van der Waals surface area contributed by atoms with Crippen LogP contribution < -0.4 is 5.32 Å². The highest BCUT2D eigenvalue weighted by atomic mass is 79.9. The third-order valence-corrected chi connectivity index (χ3v) is 4.45. The average molecular weight is 308 g/mol. The van der Waals surface area contributed by atoms with Gasteiger partial charge in [0.25, 0.3) is 0 Å². The van der Waals surface area contributed by atoms with E-state index in [4.69, 9.17) is 0 Å². The fraction of sp³-hybridized carbons (Fsp3) is 0.357. The van der Waals surface area contributed by atoms with Crippen molar-refractivity contribution in [2.45, 2.75) is 19.9 Å². The smallest absolute Gasteiger partial charge is 0.130 e. The van der Waals surface area contributed by atoms with Crippen molar-refractivity contribution >= 4 is 15.9 Å². The highest BCUT2D eigenvalue weighted by molar-refractivity contribution is 9.10. The van der Waals surface area contributed by atoms with Crippen LogP contribution in [-0.2, 0) is 7.05 Å². The second kappa shape index (κ2) is 5.24. The van der Waals surface area contributed by atoms with Gasteiger partial charge in [-0.3, -0.25) is 0 Å². The molecule has 18 heavy (non-hydrogen) atoms. The summed E-state index contributed by atoms with van der Waals surface area (Å²) in [6, 6.07) is 4.52. The summed E-state index contributed by atoms with van der Waals surface area (Å²) in [5.41, 5.74) is 3.74. The molecule has 2 rings (SSSR count). The fourth-order valence-corrected chi connectivity index (χ4v) is 2.48. The lowest BCUT2D eigenvalue weighted by atomic mass is 10.0. The maximum Gasteiger partial charge on any atom is 0.130 e. The van der Waals surface area contributed by atoms with Crippen molar-refractivity contribution in [3.63, 3.8) is 0 Å². The zero-order chi connectivity index (χ0) is 13.3. The van der Waals surface area contributed by atoms with Crippen molar-refractivity contribution in [2.24, 2.45) is 7.05 Å². The molecule has 0 saturated carbocycles. The Morgan fingerprint density at radius 1 is 1.28 bits per heavy atom. The van der Waals surface area contributed by atoms with E-state index in [1.54, 1.807) is 0 Å². The van der Waals surface area contributed by atoms with E-state index in [-0.39, 0.29) is 6.04 Å². The number of hydrogen-bond acceptors (Lipinski definition) is 2. The first-order valence-corrected chi connectivity index (χ1v) is 6.75. The molecule has 2 aromatic rings. The van der Waals surface area contributed by atoms with Gasteiger partial charge in [-0.05, 0) is 37.6 Å². The first kappa shape index (κ1) is 13.3. The normalized spacial score (nSPS) is 12.7. The maximum absolute atomic E-state index is 4.43. The lowest BCUT2D eigenvalue weighted by molar-refractivity contribution is 0.616. The van der Waals surface area contributed by atoms with Gasteiger partial charge >= 0.3 is 0 Å². The minimum Gasteiger partial charge on any atom is -0.336 e. The molecule has 1 unspecified atom stereocenters. The van der Waals surface area contributed by atoms with Crippen LogP contribution in [0.15, 0.2) is 29.0 Å². The molecule has 0 radical (unpaired) electrons. The van der Waals surface area contributed by atoms with E-state index in [1.165, 1.54) is 21.2 Å². The number of benzene rings is 1. The van der Waals surface area contributed by atoms with Crippen molar-refractivity contribution in [3.8, 4) is 0 Å². The third kappa shape index (κ3) is 2.35. The highest BCUT2D eigenvalue weighted by Crippen LogP contribution is 2.27. The van der Waals surface area contributed by atoms with Crippen LogP contribution in [-0.4, -0.2) is 16.6 Å². The summed E-state index contributed by atoms with van der Waals surface area (Å²) in [5.74, 6) is 1.03. The molecule has 0 bridgehead atoms. The Bertz CT molecular complexity index is 537. The van der Waals surface area contributed by atoms with Crippen LogP contribution in [0.3, 0.4) is 0 Å². The summed E-state index contributed by atoms with van der Waals surface area (Å²) in [6.45, 7) is 4.23. The molecule has 0 aliphatic heterocycles. The number of hydrogen-bond donors (Lipinski definition) is 1. The quantitative estimate of drug-likeness (QED) is 0.944. The second-order valence-electron chi connectivity index (χ2n) is 4.59. The van der Waals surface area contributed by atoms with Crippen LogP contribution in [0.1, 0.15) is 28.6 Å². The number of imidazole rings is 1. The number of aromatic nitrogens is 2. The zero-order valence-corrected chi connectivity index (χ0v) is 12.7. The van der Waals surface area contributed by atoms with Crippen LogP contribution >= 0.6 is 15.9 Å². The molecular formula is C14H18BrN3. The lowest BCUT2D eigenvalue weighted by Crippen LogP contribution is -2.21. The first-order chi connectivity index (χ1) is 8.54. The van der Waals surface area contributed by atoms with Crippen molar-refractivity contribution in [2.75, 3.05) is 7.05 Å². The largest absolute Gasteiger partial charge is 0.336 e. The van der Waals surface area contributed by atoms with E-state index < -0.39 is 0 Å². The Morgan fingerprint density at radius 3 is 2.33 bits per heavy atom. The molecular weight excluding hydrogens is 290 g/mol. The van der Waals surface area contributed by atoms with Crippen molar-refractivity contribution in [3.05, 3.63) is 51.5 Å². The van der Waals surface area contributed by atoms with Gasteiger partial charge in [-0.1, -0.05) is 28.1 Å². The number of rotatable bonds is 3. The number of nitrogens with zero attached hydrogens (tertiary/aromatic N) is 2. The summed E-state index contributed by atoms with van der Waals surface area (Å²) < 4.78 is 3.23. The molecule has 96 valence electrons. The van der Waals surface area contributed by atoms with Crippen molar-refractivity contribution in [1.82, 2.24) is 14.9 Å². The van der Waals surface area contributed by atoms with Gasteiger partial charge in [-0.2, -0.15) is 0 Å². The summed E-state index contributed by atoms with van der Waals surface area (Å²) in [5, 5.41) is 3.34. The Hall–Kier alpha value is -1.13. The number of halogens is 1. The minimum absolute atomic E-state index is 0.121. The van der Waals surface area contributed by atoms with Crippen molar-refractivity contribution < 1.29 is 0 Å². The highest BCUT2D eigenvalue weighted by Gasteiger charge is 2.17. The van der Waals surface area contributed by atoms with E-state index in [9.17, 15) is 0 Å². The van der Waals surface area contributed by atoms with Crippen LogP contribution in [0.5, 0.6) is 0 Å². The molecule has 1 N–H and O–H groups in total. The second-order valence-corrected chi connectivity index (χ2v) is 5.38. The lowest BCUT2D eigenvalue weighted by Gasteiger charge is -2.18. The third-order valence-electron chi connectivity index (χ3n) is 3.20. The maximum atomic E-state index is 4.43. The number of aryl methyl sites for hydroxylation is 3. The van der Waals surface area contributed by atoms with Gasteiger partial charge < -0.3 is 9.88 Å². The first-order valence-electron chi connectivity index (χ1n) is 5.95. The van der Waals surface area contributed by atoms with Crippen LogP contribution in [0.4, 0.5) is 0 Å². The molecule has 1 heterocycles. The molecule has 0 aliphatic carbocycles. The minimum atomic E-state index is 0.121. The zero-order valence-electron chi connectivity index (χ0n) is 11.2. The Labute approximate surface area is 116 Å². The summed E-state index contributed by atoms with van der Waals surface area (Å²) in [6.07, 6.45) is 3.80. The van der Waals surface area contributed by atoms with E-state index in [2.05, 4.69) is 52.2 Å². The monoisotopic (exact) mass is 307 g/mol. The topological polar surface area (TPSA) is 29.9 Å². The predicted molar refractivity (Wildman–Crippen MR) is 77.7 cm³/mol. The molecule has 0 spiro atoms. The SMILES string of the molecule is CNC(c1cc(C)c(Br)c(C)c1)c1nccn1C. The Kier molecular flexibility index (Phi) is 3.88. The number of nitrogens with one attached hydrogen (secondary N) is 1. The molecule has 0 aliphatic rings. The van der Waals surface area contributed by atoms with E-state index >= 15 is 0 Å². The van der Waals surface area contributed by atoms with Gasteiger partial charge in [0.05, 0.1) is 6.04 Å². The van der Waals surface area contributed by atoms with E-state index in [1.807, 2.05) is 31.1 Å². The molecule has 4 heteroatoms. The molecule has 3 nitrogen and oxygen atoms in total. The Morgan fingerprint density at radius 2 is 1.89 bits per heavy atom. The van der Waals surface area contributed by atoms with Gasteiger partial charge in [0.15, 0.2) is 0 Å². The van der Waals surface area contributed by atoms with Gasteiger partial charge in [-0.15, -0.1) is 0 Å². The summed E-state index contributed by atoms with van der Waals surface area (Å²) in [4.78, 5) is 4.43. The average Bonchev–Trinajstić information content (AvgIpc) is 2.74. The molecule has 1 aromatic carbocycles. The fourth-order valence-electron chi connectivity index (χ4n) is 2.25. The van der Waals surface area contributed by atoms with Crippen LogP contribution in [0, 0.1) is 13.8 Å². The molecule has 0 amide bonds. The molecule has 1 aromatic heterocycles. The molecule has 0 fully saturated rings. The predicted octanol–water partition coefficient (Wildman–Crippen LogP) is 3.11. The molecule has 1 atom stereocenters. The van der Waals surface area contributed by atoms with E-state index in [0.29, 0.717) is 0 Å². The van der Waals surface area contributed by atoms with Crippen LogP contribution in [0.25, 0.3) is 0 Å². The molecule has 0 saturated heterocycles. The summed E-state index contributed by atoms with van der Waals surface area (Å²) in [7, 11) is 3.98. The van der Waals surface area contributed by atoms with Crippen LogP contribution in [0.2, 0.25) is 0 Å². The van der Waals surface area contributed by atoms with Gasteiger partial charge in [0.2, 0.25) is 0 Å². The summed E-state index contributed by atoms with van der Waals surface area (Å²) >= 11 is 3.61. The standard InChI is InChI=1S/C14H18BrN3/c1-9-7-11(8-10(2)12(9)15)13(16-3)14-17-5-6-18(14)4/h5-8,13,16H,1-4H3. The Balaban J connectivity index is 2.49. The van der Waals surface area contributed by atoms with Gasteiger partial charge in [0.1, 0.15) is 5.82 Å².